The van der Waals surface area contributed by atoms with Crippen LogP contribution in [0, 0.1) is 35.2 Å². The quantitative estimate of drug-likeness (QED) is 0.217. The van der Waals surface area contributed by atoms with Gasteiger partial charge in [-0.2, -0.15) is 5.06 Å². The second kappa shape index (κ2) is 13.2. The molecular formula is C33H32ClF3N2O7S. The summed E-state index contributed by atoms with van der Waals surface area (Å²) in [6.45, 7) is 0.958. The predicted octanol–water partition coefficient (Wildman–Crippen LogP) is 5.31. The van der Waals surface area contributed by atoms with Crippen molar-refractivity contribution in [3.8, 4) is 0 Å². The van der Waals surface area contributed by atoms with Crippen molar-refractivity contribution in [2.24, 2.45) is 17.8 Å². The largest absolute Gasteiger partial charge is 0.467 e. The van der Waals surface area contributed by atoms with Crippen molar-refractivity contribution in [3.63, 3.8) is 0 Å². The molecule has 0 aromatic heterocycles. The zero-order valence-corrected chi connectivity index (χ0v) is 26.5. The van der Waals surface area contributed by atoms with Gasteiger partial charge in [-0.25, -0.2) is 21.6 Å². The lowest BCUT2D eigenvalue weighted by atomic mass is 9.70. The lowest BCUT2D eigenvalue weighted by Crippen LogP contribution is -2.58. The third kappa shape index (κ3) is 6.51. The fourth-order valence-corrected chi connectivity index (χ4v) is 10.5. The summed E-state index contributed by atoms with van der Waals surface area (Å²) in [5.41, 5.74) is -0.906. The molecular weight excluding hydrogens is 661 g/mol. The van der Waals surface area contributed by atoms with Crippen LogP contribution in [0.1, 0.15) is 41.6 Å². The number of nitrogens with one attached hydrogen (secondary N) is 1. The number of fused-ring (bicyclic) bond motifs is 2. The van der Waals surface area contributed by atoms with E-state index >= 15 is 0 Å². The van der Waals surface area contributed by atoms with Crippen molar-refractivity contribution >= 4 is 39.5 Å². The SMILES string of the molecule is O=COCC1CON(Cc2ccccc2)C1C1(O)CC2CC[C@@H](C1)C2S(=O)(=O)c1cc(C(=O)Nc2cc(F)c(F)c(F)c2)ccc1Cl. The van der Waals surface area contributed by atoms with Crippen LogP contribution in [0.5, 0.6) is 0 Å². The Kier molecular flexibility index (Phi) is 9.38. The van der Waals surface area contributed by atoms with E-state index in [9.17, 15) is 36.3 Å². The Labute approximate surface area is 274 Å². The number of nitrogens with zero attached hydrogens (tertiary/aromatic N) is 1. The molecule has 2 bridgehead atoms. The number of hydrogen-bond acceptors (Lipinski definition) is 8. The fraction of sp³-hybridized carbons (Fsp3) is 0.394. The first-order valence-electron chi connectivity index (χ1n) is 15.1. The van der Waals surface area contributed by atoms with Crippen LogP contribution in [0.15, 0.2) is 65.6 Å². The highest BCUT2D eigenvalue weighted by Gasteiger charge is 2.60. The summed E-state index contributed by atoms with van der Waals surface area (Å²) in [6.07, 6.45) is 1.36. The molecule has 14 heteroatoms. The number of ether oxygens (including phenoxy) is 1. The molecule has 0 spiro atoms. The lowest BCUT2D eigenvalue weighted by Gasteiger charge is -2.47. The van der Waals surface area contributed by atoms with E-state index in [-0.39, 0.29) is 53.1 Å². The van der Waals surface area contributed by atoms with Crippen LogP contribution in [-0.2, 0) is 30.8 Å². The van der Waals surface area contributed by atoms with Gasteiger partial charge in [0.25, 0.3) is 12.4 Å². The maximum Gasteiger partial charge on any atom is 0.293 e. The first-order chi connectivity index (χ1) is 22.4. The van der Waals surface area contributed by atoms with E-state index in [1.807, 2.05) is 30.3 Å². The molecule has 2 saturated carbocycles. The van der Waals surface area contributed by atoms with E-state index in [1.54, 1.807) is 5.06 Å². The molecule has 2 aliphatic carbocycles. The van der Waals surface area contributed by atoms with Gasteiger partial charge >= 0.3 is 0 Å². The number of anilines is 1. The van der Waals surface area contributed by atoms with Crippen LogP contribution in [0.2, 0.25) is 5.02 Å². The van der Waals surface area contributed by atoms with Gasteiger partial charge in [-0.15, -0.1) is 0 Å². The molecule has 6 atom stereocenters. The highest BCUT2D eigenvalue weighted by molar-refractivity contribution is 7.92. The molecule has 9 nitrogen and oxygen atoms in total. The number of hydrogen-bond donors (Lipinski definition) is 2. The fourth-order valence-electron chi connectivity index (χ4n) is 7.67. The van der Waals surface area contributed by atoms with Crippen LogP contribution >= 0.6 is 11.6 Å². The number of carbonyl (C=O) groups is 2. The predicted molar refractivity (Wildman–Crippen MR) is 164 cm³/mol. The summed E-state index contributed by atoms with van der Waals surface area (Å²) in [6, 6.07) is 13.8. The number of rotatable bonds is 10. The van der Waals surface area contributed by atoms with Crippen molar-refractivity contribution in [2.45, 2.75) is 54.0 Å². The Morgan fingerprint density at radius 1 is 1.06 bits per heavy atom. The zero-order chi connectivity index (χ0) is 33.5. The van der Waals surface area contributed by atoms with E-state index < -0.39 is 61.9 Å². The molecule has 1 amide bonds. The molecule has 3 aromatic rings. The van der Waals surface area contributed by atoms with Gasteiger partial charge in [-0.05, 0) is 61.3 Å². The van der Waals surface area contributed by atoms with Gasteiger partial charge in [0.2, 0.25) is 0 Å². The number of amides is 1. The van der Waals surface area contributed by atoms with Crippen LogP contribution in [0.25, 0.3) is 0 Å². The highest BCUT2D eigenvalue weighted by atomic mass is 35.5. The van der Waals surface area contributed by atoms with E-state index in [2.05, 4.69) is 5.32 Å². The Morgan fingerprint density at radius 2 is 1.72 bits per heavy atom. The maximum absolute atomic E-state index is 14.2. The number of benzene rings is 3. The average molecular weight is 693 g/mol. The van der Waals surface area contributed by atoms with E-state index in [0.717, 1.165) is 11.6 Å². The van der Waals surface area contributed by atoms with Gasteiger partial charge in [-0.3, -0.25) is 14.4 Å². The van der Waals surface area contributed by atoms with E-state index in [4.69, 9.17) is 21.2 Å². The molecule has 6 rings (SSSR count). The van der Waals surface area contributed by atoms with Crippen LogP contribution < -0.4 is 5.32 Å². The van der Waals surface area contributed by atoms with Crippen molar-refractivity contribution in [1.82, 2.24) is 5.06 Å². The van der Waals surface area contributed by atoms with Crippen molar-refractivity contribution in [1.29, 1.82) is 0 Å². The van der Waals surface area contributed by atoms with Gasteiger partial charge in [0, 0.05) is 35.8 Å². The van der Waals surface area contributed by atoms with E-state index in [0.29, 0.717) is 38.0 Å². The normalized spacial score (nSPS) is 27.5. The number of hydroxylamine groups is 2. The summed E-state index contributed by atoms with van der Waals surface area (Å²) in [5, 5.41) is 15.2. The third-order valence-corrected chi connectivity index (χ3v) is 12.4. The summed E-state index contributed by atoms with van der Waals surface area (Å²) < 4.78 is 74.3. The minimum Gasteiger partial charge on any atom is -0.467 e. The number of sulfone groups is 1. The first kappa shape index (κ1) is 33.4. The van der Waals surface area contributed by atoms with Gasteiger partial charge in [0.05, 0.1) is 40.0 Å². The molecule has 250 valence electrons. The Morgan fingerprint density at radius 3 is 2.36 bits per heavy atom. The smallest absolute Gasteiger partial charge is 0.293 e. The summed E-state index contributed by atoms with van der Waals surface area (Å²) in [4.78, 5) is 29.7. The molecule has 47 heavy (non-hydrogen) atoms. The molecule has 1 heterocycles. The minimum absolute atomic E-state index is 0.0283. The van der Waals surface area contributed by atoms with Crippen LogP contribution in [-0.4, -0.2) is 61.1 Å². The van der Waals surface area contributed by atoms with Gasteiger partial charge in [0.1, 0.15) is 0 Å². The van der Waals surface area contributed by atoms with Gasteiger partial charge in [-0.1, -0.05) is 41.9 Å². The van der Waals surface area contributed by atoms with Crippen LogP contribution in [0.4, 0.5) is 18.9 Å². The standard InChI is InChI=1S/C33H32ClF3N2O7S/c34-25-9-8-20(32(41)38-24-11-26(35)29(37)27(36)12-24)10-28(25)47(43,44)30-21-6-7-22(30)14-33(42,13-21)31-23(16-45-18-40)17-46-39(31)15-19-4-2-1-3-5-19/h1-5,8-12,18,21-23,30-31,42H,6-7,13-17H2,(H,38,41)/t21-,22?,23?,30?,31?,33?/m0/s1. The molecule has 1 saturated heterocycles. The minimum atomic E-state index is -4.15. The maximum atomic E-state index is 14.2. The van der Waals surface area contributed by atoms with Gasteiger partial charge in [0.15, 0.2) is 27.3 Å². The third-order valence-electron chi connectivity index (χ3n) is 9.49. The molecule has 0 radical (unpaired) electrons. The Hall–Kier alpha value is -3.49. The number of carbonyl (C=O) groups excluding carboxylic acids is 2. The monoisotopic (exact) mass is 692 g/mol. The summed E-state index contributed by atoms with van der Waals surface area (Å²) in [5.74, 6) is -6.82. The lowest BCUT2D eigenvalue weighted by molar-refractivity contribution is -0.193. The zero-order valence-electron chi connectivity index (χ0n) is 25.0. The molecule has 3 fully saturated rings. The molecule has 1 aliphatic heterocycles. The number of aliphatic hydroxyl groups is 1. The summed E-state index contributed by atoms with van der Waals surface area (Å²) >= 11 is 6.40. The van der Waals surface area contributed by atoms with Crippen molar-refractivity contribution in [2.75, 3.05) is 18.5 Å². The molecule has 2 N–H and O–H groups in total. The number of halogens is 4. The van der Waals surface area contributed by atoms with Crippen molar-refractivity contribution < 1.29 is 45.9 Å². The van der Waals surface area contributed by atoms with Crippen LogP contribution in [0.3, 0.4) is 0 Å². The topological polar surface area (TPSA) is 122 Å². The average Bonchev–Trinajstić information content (AvgIpc) is 3.58. The Balaban J connectivity index is 1.25. The Bertz CT molecular complexity index is 1740. The van der Waals surface area contributed by atoms with Gasteiger partial charge < -0.3 is 15.2 Å². The van der Waals surface area contributed by atoms with E-state index in [1.165, 1.54) is 12.1 Å². The molecule has 3 aliphatic rings. The summed E-state index contributed by atoms with van der Waals surface area (Å²) in [7, 11) is -4.15. The van der Waals surface area contributed by atoms with Crippen molar-refractivity contribution in [3.05, 3.63) is 94.3 Å². The highest BCUT2D eigenvalue weighted by Crippen LogP contribution is 2.54. The molecule has 3 aromatic carbocycles. The second-order valence-corrected chi connectivity index (χ2v) is 14.9. The second-order valence-electron chi connectivity index (χ2n) is 12.5. The molecule has 5 unspecified atom stereocenters. The first-order valence-corrected chi connectivity index (χ1v) is 17.0.